The lowest BCUT2D eigenvalue weighted by Gasteiger charge is -2.08. The van der Waals surface area contributed by atoms with Crippen LogP contribution in [0.5, 0.6) is 11.5 Å². The van der Waals surface area contributed by atoms with Crippen LogP contribution in [0, 0.1) is 0 Å². The first-order valence-electron chi connectivity index (χ1n) is 7.21. The molecule has 2 aromatic carbocycles. The van der Waals surface area contributed by atoms with Gasteiger partial charge in [-0.2, -0.15) is 0 Å². The second-order valence-electron chi connectivity index (χ2n) is 4.71. The molecule has 0 unspecified atom stereocenters. The molecule has 0 saturated carbocycles. The van der Waals surface area contributed by atoms with Gasteiger partial charge in [0.15, 0.2) is 0 Å². The first-order chi connectivity index (χ1) is 10.7. The molecule has 0 bridgehead atoms. The SMILES string of the molecule is Cl.Clc1ccc(OCCNCCCOc2ccc(Br)cc2)cc1. The summed E-state index contributed by atoms with van der Waals surface area (Å²) in [5, 5.41) is 4.04. The van der Waals surface area contributed by atoms with E-state index in [4.69, 9.17) is 21.1 Å². The summed E-state index contributed by atoms with van der Waals surface area (Å²) in [6.07, 6.45) is 0.955. The van der Waals surface area contributed by atoms with E-state index in [0.717, 1.165) is 40.5 Å². The van der Waals surface area contributed by atoms with Gasteiger partial charge in [-0.15, -0.1) is 12.4 Å². The lowest BCUT2D eigenvalue weighted by molar-refractivity contribution is 0.294. The predicted molar refractivity (Wildman–Crippen MR) is 101 cm³/mol. The Morgan fingerprint density at radius 1 is 0.826 bits per heavy atom. The fourth-order valence-electron chi connectivity index (χ4n) is 1.81. The summed E-state index contributed by atoms with van der Waals surface area (Å²) < 4.78 is 12.3. The standard InChI is InChI=1S/C17H19BrClNO2.ClH/c18-14-2-6-16(7-3-14)21-12-1-10-20-11-13-22-17-8-4-15(19)5-9-17;/h2-9,20H,1,10-13H2;1H. The highest BCUT2D eigenvalue weighted by atomic mass is 79.9. The molecule has 6 heteroatoms. The number of hydrogen-bond acceptors (Lipinski definition) is 3. The lowest BCUT2D eigenvalue weighted by atomic mass is 10.3. The summed E-state index contributed by atoms with van der Waals surface area (Å²) in [6, 6.07) is 15.2. The van der Waals surface area contributed by atoms with E-state index >= 15 is 0 Å². The summed E-state index contributed by atoms with van der Waals surface area (Å²) in [4.78, 5) is 0. The van der Waals surface area contributed by atoms with Crippen LogP contribution >= 0.6 is 39.9 Å². The van der Waals surface area contributed by atoms with E-state index in [-0.39, 0.29) is 12.4 Å². The van der Waals surface area contributed by atoms with Crippen LogP contribution in [0.4, 0.5) is 0 Å². The fourth-order valence-corrected chi connectivity index (χ4v) is 2.21. The van der Waals surface area contributed by atoms with Gasteiger partial charge < -0.3 is 14.8 Å². The number of rotatable bonds is 9. The van der Waals surface area contributed by atoms with Crippen molar-refractivity contribution in [3.8, 4) is 11.5 Å². The Morgan fingerprint density at radius 2 is 1.39 bits per heavy atom. The van der Waals surface area contributed by atoms with Gasteiger partial charge in [0.2, 0.25) is 0 Å². The van der Waals surface area contributed by atoms with Crippen molar-refractivity contribution in [1.82, 2.24) is 5.32 Å². The van der Waals surface area contributed by atoms with Crippen LogP contribution in [0.2, 0.25) is 5.02 Å². The third-order valence-corrected chi connectivity index (χ3v) is 3.72. The van der Waals surface area contributed by atoms with Crippen molar-refractivity contribution in [2.75, 3.05) is 26.3 Å². The van der Waals surface area contributed by atoms with Crippen molar-refractivity contribution in [3.63, 3.8) is 0 Å². The van der Waals surface area contributed by atoms with E-state index in [1.165, 1.54) is 0 Å². The molecule has 0 spiro atoms. The van der Waals surface area contributed by atoms with Gasteiger partial charge in [-0.1, -0.05) is 27.5 Å². The highest BCUT2D eigenvalue weighted by Gasteiger charge is 1.95. The quantitative estimate of drug-likeness (QED) is 0.581. The maximum absolute atomic E-state index is 5.81. The number of hydrogen-bond donors (Lipinski definition) is 1. The summed E-state index contributed by atoms with van der Waals surface area (Å²) in [5.74, 6) is 1.74. The Bertz CT molecular complexity index is 498. The van der Waals surface area contributed by atoms with E-state index in [9.17, 15) is 0 Å². The summed E-state index contributed by atoms with van der Waals surface area (Å²) in [7, 11) is 0. The average molecular weight is 421 g/mol. The molecule has 0 aromatic heterocycles. The Kier molecular flexibility index (Phi) is 10.1. The van der Waals surface area contributed by atoms with E-state index in [2.05, 4.69) is 21.2 Å². The van der Waals surface area contributed by atoms with Gasteiger partial charge in [0, 0.05) is 16.0 Å². The van der Waals surface area contributed by atoms with Gasteiger partial charge in [-0.25, -0.2) is 0 Å². The zero-order chi connectivity index (χ0) is 15.6. The van der Waals surface area contributed by atoms with Crippen molar-refractivity contribution < 1.29 is 9.47 Å². The minimum Gasteiger partial charge on any atom is -0.494 e. The van der Waals surface area contributed by atoms with Crippen LogP contribution in [0.1, 0.15) is 6.42 Å². The summed E-state index contributed by atoms with van der Waals surface area (Å²) >= 11 is 9.21. The van der Waals surface area contributed by atoms with Gasteiger partial charge in [0.25, 0.3) is 0 Å². The third kappa shape index (κ3) is 8.47. The normalized spacial score (nSPS) is 10.0. The topological polar surface area (TPSA) is 30.5 Å². The second kappa shape index (κ2) is 11.6. The molecule has 0 fully saturated rings. The van der Waals surface area contributed by atoms with E-state index in [1.54, 1.807) is 0 Å². The molecule has 0 saturated heterocycles. The predicted octanol–water partition coefficient (Wildman–Crippen LogP) is 4.96. The van der Waals surface area contributed by atoms with Gasteiger partial charge >= 0.3 is 0 Å². The third-order valence-electron chi connectivity index (χ3n) is 2.94. The molecule has 2 aromatic rings. The largest absolute Gasteiger partial charge is 0.494 e. The zero-order valence-corrected chi connectivity index (χ0v) is 15.8. The number of halogens is 3. The van der Waals surface area contributed by atoms with Crippen molar-refractivity contribution in [3.05, 3.63) is 58.0 Å². The number of nitrogens with one attached hydrogen (secondary N) is 1. The van der Waals surface area contributed by atoms with Gasteiger partial charge in [0.1, 0.15) is 18.1 Å². The minimum atomic E-state index is 0. The van der Waals surface area contributed by atoms with Gasteiger partial charge in [-0.3, -0.25) is 0 Å². The van der Waals surface area contributed by atoms with Crippen molar-refractivity contribution in [2.45, 2.75) is 6.42 Å². The van der Waals surface area contributed by atoms with Crippen LogP contribution in [0.25, 0.3) is 0 Å². The van der Waals surface area contributed by atoms with Crippen molar-refractivity contribution in [1.29, 1.82) is 0 Å². The average Bonchev–Trinajstić information content (AvgIpc) is 2.53. The van der Waals surface area contributed by atoms with Gasteiger partial charge in [-0.05, 0) is 61.5 Å². The lowest BCUT2D eigenvalue weighted by Crippen LogP contribution is -2.23. The van der Waals surface area contributed by atoms with Crippen molar-refractivity contribution >= 4 is 39.9 Å². The molecular formula is C17H20BrCl2NO2. The monoisotopic (exact) mass is 419 g/mol. The van der Waals surface area contributed by atoms with Gasteiger partial charge in [0.05, 0.1) is 6.61 Å². The van der Waals surface area contributed by atoms with Crippen LogP contribution in [0.15, 0.2) is 53.0 Å². The minimum absolute atomic E-state index is 0. The first-order valence-corrected chi connectivity index (χ1v) is 8.38. The van der Waals surface area contributed by atoms with Crippen LogP contribution < -0.4 is 14.8 Å². The highest BCUT2D eigenvalue weighted by molar-refractivity contribution is 9.10. The molecule has 0 aliphatic rings. The molecule has 2 rings (SSSR count). The highest BCUT2D eigenvalue weighted by Crippen LogP contribution is 2.16. The molecule has 3 nitrogen and oxygen atoms in total. The van der Waals surface area contributed by atoms with E-state index in [0.29, 0.717) is 13.2 Å². The summed E-state index contributed by atoms with van der Waals surface area (Å²) in [5.41, 5.74) is 0. The zero-order valence-electron chi connectivity index (χ0n) is 12.6. The molecule has 0 atom stereocenters. The van der Waals surface area contributed by atoms with Crippen LogP contribution in [-0.4, -0.2) is 26.3 Å². The Labute approximate surface area is 156 Å². The molecule has 126 valence electrons. The molecular weight excluding hydrogens is 401 g/mol. The maximum atomic E-state index is 5.81. The molecule has 23 heavy (non-hydrogen) atoms. The molecule has 0 amide bonds. The molecule has 0 radical (unpaired) electrons. The maximum Gasteiger partial charge on any atom is 0.119 e. The first kappa shape index (κ1) is 20.1. The molecule has 0 aliphatic carbocycles. The van der Waals surface area contributed by atoms with Crippen LogP contribution in [-0.2, 0) is 0 Å². The smallest absolute Gasteiger partial charge is 0.119 e. The number of ether oxygens (including phenoxy) is 2. The van der Waals surface area contributed by atoms with Crippen LogP contribution in [0.3, 0.4) is 0 Å². The Hall–Kier alpha value is -0.940. The van der Waals surface area contributed by atoms with E-state index < -0.39 is 0 Å². The Balaban J connectivity index is 0.00000264. The van der Waals surface area contributed by atoms with Crippen molar-refractivity contribution in [2.24, 2.45) is 0 Å². The molecule has 1 N–H and O–H groups in total. The molecule has 0 heterocycles. The van der Waals surface area contributed by atoms with E-state index in [1.807, 2.05) is 48.5 Å². The number of benzene rings is 2. The fraction of sp³-hybridized carbons (Fsp3) is 0.294. The molecule has 0 aliphatic heterocycles. The Morgan fingerprint density at radius 3 is 2.04 bits per heavy atom. The summed E-state index contributed by atoms with van der Waals surface area (Å²) in [6.45, 7) is 3.04. The second-order valence-corrected chi connectivity index (χ2v) is 6.06.